The molecule has 2 aliphatic carbocycles. The van der Waals surface area contributed by atoms with E-state index in [2.05, 4.69) is 19.2 Å². The van der Waals surface area contributed by atoms with Crippen LogP contribution in [0.3, 0.4) is 0 Å². The Hall–Kier alpha value is -0.0400. The summed E-state index contributed by atoms with van der Waals surface area (Å²) in [6.45, 7) is 5.92. The molecular weight excluding hydrogens is 170 g/mol. The molecule has 82 valence electrons. The summed E-state index contributed by atoms with van der Waals surface area (Å²) in [5.41, 5.74) is 0.626. The fourth-order valence-corrected chi connectivity index (χ4v) is 3.47. The summed E-state index contributed by atoms with van der Waals surface area (Å²) in [7, 11) is 0. The first-order valence-corrected chi connectivity index (χ1v) is 6.49. The number of nitrogens with one attached hydrogen (secondary N) is 1. The first-order chi connectivity index (χ1) is 6.76. The van der Waals surface area contributed by atoms with Gasteiger partial charge in [-0.05, 0) is 43.6 Å². The first kappa shape index (κ1) is 10.5. The van der Waals surface area contributed by atoms with Crippen molar-refractivity contribution in [3.8, 4) is 0 Å². The molecule has 1 N–H and O–H groups in total. The van der Waals surface area contributed by atoms with Crippen molar-refractivity contribution in [2.24, 2.45) is 11.3 Å². The lowest BCUT2D eigenvalue weighted by Gasteiger charge is -2.44. The summed E-state index contributed by atoms with van der Waals surface area (Å²) >= 11 is 0. The van der Waals surface area contributed by atoms with Crippen molar-refractivity contribution in [2.45, 2.75) is 64.8 Å². The van der Waals surface area contributed by atoms with Crippen molar-refractivity contribution >= 4 is 0 Å². The van der Waals surface area contributed by atoms with Gasteiger partial charge in [-0.15, -0.1) is 0 Å². The van der Waals surface area contributed by atoms with Crippen LogP contribution in [0.1, 0.15) is 58.8 Å². The van der Waals surface area contributed by atoms with Gasteiger partial charge >= 0.3 is 0 Å². The second-order valence-electron chi connectivity index (χ2n) is 5.59. The second kappa shape index (κ2) is 4.22. The minimum atomic E-state index is 0.626. The summed E-state index contributed by atoms with van der Waals surface area (Å²) in [5, 5.41) is 3.77. The van der Waals surface area contributed by atoms with Gasteiger partial charge in [-0.3, -0.25) is 0 Å². The van der Waals surface area contributed by atoms with Gasteiger partial charge in [0.25, 0.3) is 0 Å². The van der Waals surface area contributed by atoms with Crippen LogP contribution in [0.2, 0.25) is 0 Å². The molecule has 0 heterocycles. The van der Waals surface area contributed by atoms with Crippen molar-refractivity contribution in [1.82, 2.24) is 5.32 Å². The van der Waals surface area contributed by atoms with Crippen LogP contribution in [0.25, 0.3) is 0 Å². The first-order valence-electron chi connectivity index (χ1n) is 6.49. The zero-order valence-electron chi connectivity index (χ0n) is 9.81. The Morgan fingerprint density at radius 2 is 1.86 bits per heavy atom. The van der Waals surface area contributed by atoms with Gasteiger partial charge in [0.2, 0.25) is 0 Å². The molecule has 1 nitrogen and oxygen atoms in total. The van der Waals surface area contributed by atoms with E-state index < -0.39 is 0 Å². The molecule has 2 aliphatic rings. The molecule has 0 radical (unpaired) electrons. The van der Waals surface area contributed by atoms with Crippen LogP contribution in [0.4, 0.5) is 0 Å². The molecule has 0 aromatic rings. The van der Waals surface area contributed by atoms with E-state index >= 15 is 0 Å². The third-order valence-electron chi connectivity index (χ3n) is 4.54. The molecule has 0 bridgehead atoms. The third-order valence-corrected chi connectivity index (χ3v) is 4.54. The maximum absolute atomic E-state index is 3.77. The molecule has 0 aromatic heterocycles. The van der Waals surface area contributed by atoms with Gasteiger partial charge in [0, 0.05) is 6.04 Å². The largest absolute Gasteiger partial charge is 0.313 e. The molecule has 0 amide bonds. The van der Waals surface area contributed by atoms with Gasteiger partial charge < -0.3 is 5.32 Å². The number of hydrogen-bond acceptors (Lipinski definition) is 1. The Kier molecular flexibility index (Phi) is 3.16. The highest BCUT2D eigenvalue weighted by atomic mass is 14.9. The van der Waals surface area contributed by atoms with Crippen LogP contribution in [-0.4, -0.2) is 12.6 Å². The van der Waals surface area contributed by atoms with E-state index in [1.807, 2.05) is 0 Å². The highest BCUT2D eigenvalue weighted by Crippen LogP contribution is 2.46. The van der Waals surface area contributed by atoms with Crippen molar-refractivity contribution in [3.63, 3.8) is 0 Å². The van der Waals surface area contributed by atoms with Crippen LogP contribution >= 0.6 is 0 Å². The second-order valence-corrected chi connectivity index (χ2v) is 5.59. The van der Waals surface area contributed by atoms with Gasteiger partial charge in [-0.25, -0.2) is 0 Å². The summed E-state index contributed by atoms with van der Waals surface area (Å²) in [5.74, 6) is 0.998. The minimum Gasteiger partial charge on any atom is -0.313 e. The van der Waals surface area contributed by atoms with Crippen molar-refractivity contribution < 1.29 is 0 Å². The standard InChI is InChI=1S/C13H25N/c1-3-14-12(11-7-6-8-11)13(2)9-4-5-10-13/h11-12,14H,3-10H2,1-2H3. The SMILES string of the molecule is CCNC(C1CCC1)C1(C)CCCC1. The quantitative estimate of drug-likeness (QED) is 0.725. The monoisotopic (exact) mass is 195 g/mol. The number of rotatable bonds is 4. The molecule has 14 heavy (non-hydrogen) atoms. The molecule has 2 fully saturated rings. The maximum atomic E-state index is 3.77. The Balaban J connectivity index is 2.00. The van der Waals surface area contributed by atoms with Crippen LogP contribution in [0, 0.1) is 11.3 Å². The lowest BCUT2D eigenvalue weighted by molar-refractivity contribution is 0.109. The highest BCUT2D eigenvalue weighted by molar-refractivity contribution is 4.97. The molecule has 2 rings (SSSR count). The van der Waals surface area contributed by atoms with Crippen LogP contribution in [-0.2, 0) is 0 Å². The van der Waals surface area contributed by atoms with Gasteiger partial charge in [-0.1, -0.05) is 33.1 Å². The average Bonchev–Trinajstić information content (AvgIpc) is 2.49. The minimum absolute atomic E-state index is 0.626. The molecule has 0 saturated heterocycles. The fourth-order valence-electron chi connectivity index (χ4n) is 3.47. The smallest absolute Gasteiger partial charge is 0.0149 e. The fraction of sp³-hybridized carbons (Fsp3) is 1.00. The molecule has 2 saturated carbocycles. The van der Waals surface area contributed by atoms with Crippen LogP contribution in [0.15, 0.2) is 0 Å². The molecule has 0 aliphatic heterocycles. The van der Waals surface area contributed by atoms with Crippen molar-refractivity contribution in [3.05, 3.63) is 0 Å². The van der Waals surface area contributed by atoms with E-state index in [0.29, 0.717) is 5.41 Å². The summed E-state index contributed by atoms with van der Waals surface area (Å²) in [6, 6.07) is 0.823. The topological polar surface area (TPSA) is 12.0 Å². The van der Waals surface area contributed by atoms with Gasteiger partial charge in [0.05, 0.1) is 0 Å². The normalized spacial score (nSPS) is 28.7. The van der Waals surface area contributed by atoms with E-state index in [4.69, 9.17) is 0 Å². The van der Waals surface area contributed by atoms with E-state index in [-0.39, 0.29) is 0 Å². The lowest BCUT2D eigenvalue weighted by atomic mass is 9.67. The van der Waals surface area contributed by atoms with Crippen molar-refractivity contribution in [2.75, 3.05) is 6.54 Å². The summed E-state index contributed by atoms with van der Waals surface area (Å²) in [4.78, 5) is 0. The Morgan fingerprint density at radius 3 is 2.29 bits per heavy atom. The van der Waals surface area contributed by atoms with E-state index in [1.54, 1.807) is 0 Å². The Bertz CT molecular complexity index is 178. The molecule has 1 unspecified atom stereocenters. The summed E-state index contributed by atoms with van der Waals surface area (Å²) in [6.07, 6.45) is 10.3. The molecule has 0 spiro atoms. The third kappa shape index (κ3) is 1.84. The summed E-state index contributed by atoms with van der Waals surface area (Å²) < 4.78 is 0. The Labute approximate surface area is 88.7 Å². The zero-order valence-corrected chi connectivity index (χ0v) is 9.81. The highest BCUT2D eigenvalue weighted by Gasteiger charge is 2.42. The lowest BCUT2D eigenvalue weighted by Crippen LogP contribution is -2.49. The maximum Gasteiger partial charge on any atom is 0.0149 e. The molecule has 1 atom stereocenters. The van der Waals surface area contributed by atoms with Crippen LogP contribution < -0.4 is 5.32 Å². The molecule has 0 aromatic carbocycles. The van der Waals surface area contributed by atoms with E-state index in [1.165, 1.54) is 44.9 Å². The molecule has 1 heteroatoms. The van der Waals surface area contributed by atoms with E-state index in [0.717, 1.165) is 18.5 Å². The van der Waals surface area contributed by atoms with Gasteiger partial charge in [0.15, 0.2) is 0 Å². The predicted molar refractivity (Wildman–Crippen MR) is 61.4 cm³/mol. The predicted octanol–water partition coefficient (Wildman–Crippen LogP) is 3.34. The van der Waals surface area contributed by atoms with Gasteiger partial charge in [-0.2, -0.15) is 0 Å². The zero-order chi connectivity index (χ0) is 10.0. The number of hydrogen-bond donors (Lipinski definition) is 1. The average molecular weight is 195 g/mol. The van der Waals surface area contributed by atoms with Crippen molar-refractivity contribution in [1.29, 1.82) is 0 Å². The Morgan fingerprint density at radius 1 is 1.21 bits per heavy atom. The van der Waals surface area contributed by atoms with Gasteiger partial charge in [0.1, 0.15) is 0 Å². The molecular formula is C13H25N. The van der Waals surface area contributed by atoms with Crippen LogP contribution in [0.5, 0.6) is 0 Å². The van der Waals surface area contributed by atoms with E-state index in [9.17, 15) is 0 Å².